The third kappa shape index (κ3) is 4.60. The molecule has 5 heterocycles. The SMILES string of the molecule is C[C@@H]1COCCN1c1cc(C(N)=CC=NC2CCOCC2)c2ccnc(-c3ccn[nH]3)c2n1. The molecule has 0 unspecified atom stereocenters. The van der Waals surface area contributed by atoms with E-state index in [0.29, 0.717) is 18.9 Å². The molecule has 3 aromatic rings. The monoisotopic (exact) mass is 447 g/mol. The number of aromatic amines is 1. The maximum absolute atomic E-state index is 6.61. The van der Waals surface area contributed by atoms with Crippen LogP contribution in [0.2, 0.25) is 0 Å². The minimum atomic E-state index is 0.212. The van der Waals surface area contributed by atoms with Crippen molar-refractivity contribution in [3.8, 4) is 11.4 Å². The van der Waals surface area contributed by atoms with Gasteiger partial charge < -0.3 is 20.1 Å². The number of aliphatic imine (C=N–C) groups is 1. The molecule has 0 aromatic carbocycles. The van der Waals surface area contributed by atoms with Gasteiger partial charge in [0.05, 0.1) is 31.0 Å². The number of aromatic nitrogens is 4. The van der Waals surface area contributed by atoms with E-state index in [1.165, 1.54) is 0 Å². The molecule has 0 spiro atoms. The van der Waals surface area contributed by atoms with Crippen molar-refractivity contribution in [3.05, 3.63) is 42.2 Å². The number of morpholine rings is 1. The first kappa shape index (κ1) is 21.5. The van der Waals surface area contributed by atoms with Crippen LogP contribution in [0.25, 0.3) is 28.0 Å². The molecule has 9 heteroatoms. The van der Waals surface area contributed by atoms with Crippen molar-refractivity contribution in [2.45, 2.75) is 31.8 Å². The van der Waals surface area contributed by atoms with Crippen LogP contribution in [0, 0.1) is 0 Å². The third-order valence-corrected chi connectivity index (χ3v) is 6.18. The van der Waals surface area contributed by atoms with Crippen LogP contribution in [0.4, 0.5) is 5.82 Å². The normalized spacial score (nSPS) is 20.7. The third-order valence-electron chi connectivity index (χ3n) is 6.18. The summed E-state index contributed by atoms with van der Waals surface area (Å²) in [6.45, 7) is 5.78. The molecule has 0 aliphatic carbocycles. The quantitative estimate of drug-likeness (QED) is 0.578. The highest BCUT2D eigenvalue weighted by Gasteiger charge is 2.23. The minimum Gasteiger partial charge on any atom is -0.398 e. The molecule has 33 heavy (non-hydrogen) atoms. The molecule has 2 fully saturated rings. The number of ether oxygens (including phenoxy) is 2. The second-order valence-electron chi connectivity index (χ2n) is 8.44. The van der Waals surface area contributed by atoms with Crippen LogP contribution >= 0.6 is 0 Å². The Labute approximate surface area is 192 Å². The molecular weight excluding hydrogens is 418 g/mol. The topological polar surface area (TPSA) is 115 Å². The largest absolute Gasteiger partial charge is 0.398 e. The fraction of sp³-hybridized carbons (Fsp3) is 0.417. The molecule has 2 aliphatic heterocycles. The minimum absolute atomic E-state index is 0.212. The van der Waals surface area contributed by atoms with Crippen molar-refractivity contribution in [1.29, 1.82) is 0 Å². The van der Waals surface area contributed by atoms with Crippen molar-refractivity contribution >= 4 is 28.6 Å². The van der Waals surface area contributed by atoms with Crippen molar-refractivity contribution in [2.24, 2.45) is 10.7 Å². The Morgan fingerprint density at radius 1 is 1.21 bits per heavy atom. The van der Waals surface area contributed by atoms with Gasteiger partial charge in [0.1, 0.15) is 17.0 Å². The van der Waals surface area contributed by atoms with E-state index in [1.54, 1.807) is 12.4 Å². The Balaban J connectivity index is 1.59. The first-order chi connectivity index (χ1) is 16.2. The average molecular weight is 448 g/mol. The summed E-state index contributed by atoms with van der Waals surface area (Å²) in [7, 11) is 0. The van der Waals surface area contributed by atoms with Gasteiger partial charge in [-0.15, -0.1) is 0 Å². The van der Waals surface area contributed by atoms with Gasteiger partial charge in [-0.1, -0.05) is 0 Å². The number of pyridine rings is 2. The first-order valence-electron chi connectivity index (χ1n) is 11.4. The number of nitrogens with two attached hydrogens (primary N) is 1. The van der Waals surface area contributed by atoms with Gasteiger partial charge >= 0.3 is 0 Å². The van der Waals surface area contributed by atoms with Crippen LogP contribution in [0.1, 0.15) is 25.3 Å². The van der Waals surface area contributed by atoms with Gasteiger partial charge in [-0.25, -0.2) is 4.98 Å². The van der Waals surface area contributed by atoms with E-state index in [1.807, 2.05) is 24.4 Å². The highest BCUT2D eigenvalue weighted by atomic mass is 16.5. The molecule has 0 radical (unpaired) electrons. The Kier molecular flexibility index (Phi) is 6.32. The lowest BCUT2D eigenvalue weighted by atomic mass is 10.0. The van der Waals surface area contributed by atoms with E-state index >= 15 is 0 Å². The van der Waals surface area contributed by atoms with Crippen LogP contribution in [-0.2, 0) is 9.47 Å². The summed E-state index contributed by atoms with van der Waals surface area (Å²) < 4.78 is 11.1. The fourth-order valence-corrected chi connectivity index (χ4v) is 4.35. The van der Waals surface area contributed by atoms with Gasteiger partial charge in [0, 0.05) is 55.0 Å². The smallest absolute Gasteiger partial charge is 0.130 e. The number of fused-ring (bicyclic) bond motifs is 1. The number of rotatable bonds is 5. The zero-order chi connectivity index (χ0) is 22.6. The molecule has 0 saturated carbocycles. The van der Waals surface area contributed by atoms with Gasteiger partial charge in [0.15, 0.2) is 0 Å². The number of allylic oxidation sites excluding steroid dienone is 1. The molecule has 0 amide bonds. The molecule has 2 saturated heterocycles. The maximum atomic E-state index is 6.61. The van der Waals surface area contributed by atoms with Gasteiger partial charge in [0.25, 0.3) is 0 Å². The van der Waals surface area contributed by atoms with Crippen LogP contribution < -0.4 is 10.6 Å². The number of H-pyrrole nitrogens is 1. The van der Waals surface area contributed by atoms with Crippen LogP contribution in [-0.4, -0.2) is 71.4 Å². The zero-order valence-electron chi connectivity index (χ0n) is 18.8. The molecule has 1 atom stereocenters. The van der Waals surface area contributed by atoms with Gasteiger partial charge in [-0.3, -0.25) is 15.1 Å². The van der Waals surface area contributed by atoms with E-state index in [4.69, 9.17) is 20.2 Å². The van der Waals surface area contributed by atoms with Crippen molar-refractivity contribution < 1.29 is 9.47 Å². The highest BCUT2D eigenvalue weighted by molar-refractivity contribution is 6.00. The van der Waals surface area contributed by atoms with E-state index in [9.17, 15) is 0 Å². The summed E-state index contributed by atoms with van der Waals surface area (Å²) in [5.41, 5.74) is 10.5. The molecule has 0 bridgehead atoms. The number of anilines is 1. The standard InChI is InChI=1S/C24H29N7O2/c1-16-15-33-13-10-31(16)22-14-19(20(25)3-8-26-17-5-11-32-12-6-17)18-2-7-27-24(23(18)29-22)21-4-9-28-30-21/h2-4,7-9,14,16-17H,5-6,10-13,15,25H2,1H3,(H,28,30)/t16-/m1/s1. The fourth-order valence-electron chi connectivity index (χ4n) is 4.35. The average Bonchev–Trinajstić information content (AvgIpc) is 3.39. The number of nitrogens with one attached hydrogen (secondary N) is 1. The Hall–Kier alpha value is -3.30. The summed E-state index contributed by atoms with van der Waals surface area (Å²) in [4.78, 5) is 16.6. The van der Waals surface area contributed by atoms with Gasteiger partial charge in [-0.2, -0.15) is 5.10 Å². The number of hydrogen-bond acceptors (Lipinski definition) is 8. The number of nitrogens with zero attached hydrogens (tertiary/aromatic N) is 5. The molecule has 3 N–H and O–H groups in total. The van der Waals surface area contributed by atoms with Crippen molar-refractivity contribution in [1.82, 2.24) is 20.2 Å². The Morgan fingerprint density at radius 3 is 2.88 bits per heavy atom. The molecule has 2 aliphatic rings. The molecule has 3 aromatic heterocycles. The molecule has 5 rings (SSSR count). The lowest BCUT2D eigenvalue weighted by molar-refractivity contribution is 0.0872. The number of hydrogen-bond donors (Lipinski definition) is 2. The lowest BCUT2D eigenvalue weighted by Crippen LogP contribution is -2.44. The summed E-state index contributed by atoms with van der Waals surface area (Å²) in [5, 5.41) is 8.04. The lowest BCUT2D eigenvalue weighted by Gasteiger charge is -2.34. The summed E-state index contributed by atoms with van der Waals surface area (Å²) in [6, 6.07) is 6.42. The van der Waals surface area contributed by atoms with E-state index in [-0.39, 0.29) is 12.1 Å². The van der Waals surface area contributed by atoms with Gasteiger partial charge in [-0.05, 0) is 44.0 Å². The summed E-state index contributed by atoms with van der Waals surface area (Å²) in [6.07, 6.45) is 9.09. The first-order valence-corrected chi connectivity index (χ1v) is 11.4. The van der Waals surface area contributed by atoms with Crippen molar-refractivity contribution in [2.75, 3.05) is 37.9 Å². The second kappa shape index (κ2) is 9.68. The zero-order valence-corrected chi connectivity index (χ0v) is 18.8. The summed E-state index contributed by atoms with van der Waals surface area (Å²) >= 11 is 0. The van der Waals surface area contributed by atoms with E-state index in [2.05, 4.69) is 38.1 Å². The maximum Gasteiger partial charge on any atom is 0.130 e. The van der Waals surface area contributed by atoms with E-state index < -0.39 is 0 Å². The van der Waals surface area contributed by atoms with Crippen LogP contribution in [0.5, 0.6) is 0 Å². The predicted octanol–water partition coefficient (Wildman–Crippen LogP) is 2.79. The van der Waals surface area contributed by atoms with Crippen molar-refractivity contribution in [3.63, 3.8) is 0 Å². The molecule has 9 nitrogen and oxygen atoms in total. The second-order valence-corrected chi connectivity index (χ2v) is 8.44. The molecule has 172 valence electrons. The Bertz CT molecular complexity index is 1150. The Morgan fingerprint density at radius 2 is 2.09 bits per heavy atom. The summed E-state index contributed by atoms with van der Waals surface area (Å²) in [5.74, 6) is 0.861. The molecular formula is C24H29N7O2. The highest BCUT2D eigenvalue weighted by Crippen LogP contribution is 2.32. The van der Waals surface area contributed by atoms with Gasteiger partial charge in [0.2, 0.25) is 0 Å². The predicted molar refractivity (Wildman–Crippen MR) is 129 cm³/mol. The van der Waals surface area contributed by atoms with Crippen LogP contribution in [0.3, 0.4) is 0 Å². The van der Waals surface area contributed by atoms with Crippen LogP contribution in [0.15, 0.2) is 41.7 Å². The van der Waals surface area contributed by atoms with E-state index in [0.717, 1.165) is 66.3 Å².